The maximum atomic E-state index is 15.0. The largest absolute Gasteiger partial charge is 0.467 e. The second-order valence-electron chi connectivity index (χ2n) is 14.0. The summed E-state index contributed by atoms with van der Waals surface area (Å²) in [6.07, 6.45) is 9.12. The van der Waals surface area contributed by atoms with Crippen LogP contribution >= 0.6 is 0 Å². The van der Waals surface area contributed by atoms with E-state index in [0.717, 1.165) is 67.1 Å². The fourth-order valence-corrected chi connectivity index (χ4v) is 7.75. The van der Waals surface area contributed by atoms with Crippen LogP contribution in [0.15, 0.2) is 47.7 Å². The van der Waals surface area contributed by atoms with Gasteiger partial charge in [-0.05, 0) is 56.1 Å². The maximum absolute atomic E-state index is 15.0. The van der Waals surface area contributed by atoms with E-state index in [1.807, 2.05) is 31.5 Å². The van der Waals surface area contributed by atoms with Crippen LogP contribution in [-0.4, -0.2) is 55.0 Å². The molecular weight excluding hydrogens is 657 g/mol. The Kier molecular flexibility index (Phi) is 12.5. The molecule has 0 bridgehead atoms. The molecule has 278 valence electrons. The number of aromatic nitrogens is 5. The molecule has 1 atom stereocenters. The molecule has 1 aromatic carbocycles. The number of nitrogens with zero attached hydrogens (tertiary/aromatic N) is 6. The van der Waals surface area contributed by atoms with Gasteiger partial charge in [-0.15, -0.1) is 10.2 Å². The number of rotatable bonds is 18. The molecule has 9 nitrogen and oxygen atoms in total. The summed E-state index contributed by atoms with van der Waals surface area (Å²) in [7, 11) is 3.17. The number of pyridine rings is 1. The van der Waals surface area contributed by atoms with E-state index in [1.165, 1.54) is 32.4 Å². The molecule has 1 saturated carbocycles. The van der Waals surface area contributed by atoms with Crippen LogP contribution in [0.2, 0.25) is 0 Å². The van der Waals surface area contributed by atoms with Crippen molar-refractivity contribution in [2.45, 2.75) is 122 Å². The van der Waals surface area contributed by atoms with Gasteiger partial charge in [-0.25, -0.2) is 4.79 Å². The topological polar surface area (TPSA) is 87.2 Å². The van der Waals surface area contributed by atoms with Crippen molar-refractivity contribution < 1.29 is 22.7 Å². The van der Waals surface area contributed by atoms with E-state index in [2.05, 4.69) is 22.0 Å². The molecule has 0 saturated heterocycles. The predicted molar refractivity (Wildman–Crippen MR) is 193 cm³/mol. The standard InChI is InChI=1S/C39H53F3N6O3/c1-6-9-10-11-12-13-14-15-20-33(36(50)51-5)48-30(25-46(7-2)8-3)24-31-32(39(40,41)42)26-47(35(49)34(31)48)29-19-16-18-28(23-29)38(21-17-22-38)37-44-43-27-45(37)4/h16,18-19,23-24,26-27,33H,6-15,17,20-22,25H2,1-5H3. The number of benzene rings is 1. The molecule has 1 aliphatic carbocycles. The smallest absolute Gasteiger partial charge is 0.418 e. The normalized spacial score (nSPS) is 15.0. The number of carbonyl (C=O) groups is 1. The van der Waals surface area contributed by atoms with E-state index in [0.29, 0.717) is 37.3 Å². The van der Waals surface area contributed by atoms with Gasteiger partial charge in [-0.3, -0.25) is 14.3 Å². The minimum atomic E-state index is -4.77. The Morgan fingerprint density at radius 2 is 1.71 bits per heavy atom. The highest BCUT2D eigenvalue weighted by Crippen LogP contribution is 2.48. The maximum Gasteiger partial charge on any atom is 0.418 e. The zero-order valence-electron chi connectivity index (χ0n) is 30.8. The van der Waals surface area contributed by atoms with Gasteiger partial charge in [0.1, 0.15) is 23.7 Å². The molecule has 0 amide bonds. The summed E-state index contributed by atoms with van der Waals surface area (Å²) in [5.41, 5.74) is -0.481. The van der Waals surface area contributed by atoms with Gasteiger partial charge in [0, 0.05) is 36.6 Å². The van der Waals surface area contributed by atoms with Gasteiger partial charge in [0.05, 0.1) is 18.1 Å². The minimum absolute atomic E-state index is 0.140. The molecule has 3 aromatic heterocycles. The zero-order chi connectivity index (χ0) is 36.8. The van der Waals surface area contributed by atoms with Crippen LogP contribution in [0.3, 0.4) is 0 Å². The molecule has 0 spiro atoms. The van der Waals surface area contributed by atoms with Crippen LogP contribution < -0.4 is 5.56 Å². The fourth-order valence-electron chi connectivity index (χ4n) is 7.75. The van der Waals surface area contributed by atoms with Crippen LogP contribution in [0.4, 0.5) is 13.2 Å². The Morgan fingerprint density at radius 1 is 1.02 bits per heavy atom. The Morgan fingerprint density at radius 3 is 2.27 bits per heavy atom. The predicted octanol–water partition coefficient (Wildman–Crippen LogP) is 8.50. The monoisotopic (exact) mass is 710 g/mol. The van der Waals surface area contributed by atoms with Gasteiger partial charge in [-0.2, -0.15) is 13.2 Å². The van der Waals surface area contributed by atoms with E-state index in [1.54, 1.807) is 29.1 Å². The summed E-state index contributed by atoms with van der Waals surface area (Å²) >= 11 is 0. The average molecular weight is 711 g/mol. The Hall–Kier alpha value is -3.93. The van der Waals surface area contributed by atoms with Gasteiger partial charge >= 0.3 is 12.1 Å². The lowest BCUT2D eigenvalue weighted by atomic mass is 9.63. The van der Waals surface area contributed by atoms with Crippen molar-refractivity contribution in [3.8, 4) is 5.69 Å². The third-order valence-electron chi connectivity index (χ3n) is 10.8. The molecule has 0 aliphatic heterocycles. The Bertz CT molecular complexity index is 1830. The lowest BCUT2D eigenvalue weighted by Crippen LogP contribution is -2.38. The number of ether oxygens (including phenoxy) is 1. The van der Waals surface area contributed by atoms with Crippen molar-refractivity contribution in [2.75, 3.05) is 20.2 Å². The highest BCUT2D eigenvalue weighted by molar-refractivity contribution is 5.87. The average Bonchev–Trinajstić information content (AvgIpc) is 3.69. The number of esters is 1. The van der Waals surface area contributed by atoms with Crippen LogP contribution in [0, 0.1) is 0 Å². The van der Waals surface area contributed by atoms with Crippen molar-refractivity contribution in [2.24, 2.45) is 7.05 Å². The Balaban J connectivity index is 1.66. The van der Waals surface area contributed by atoms with Crippen molar-refractivity contribution in [1.82, 2.24) is 28.8 Å². The first-order chi connectivity index (χ1) is 24.5. The first-order valence-corrected chi connectivity index (χ1v) is 18.6. The molecule has 4 aromatic rings. The summed E-state index contributed by atoms with van der Waals surface area (Å²) in [4.78, 5) is 30.3. The summed E-state index contributed by atoms with van der Waals surface area (Å²) in [6, 6.07) is 7.66. The van der Waals surface area contributed by atoms with Crippen LogP contribution in [0.5, 0.6) is 0 Å². The van der Waals surface area contributed by atoms with Gasteiger partial charge in [0.2, 0.25) is 0 Å². The van der Waals surface area contributed by atoms with Crippen molar-refractivity contribution in [3.05, 3.63) is 75.9 Å². The molecular formula is C39H53F3N6O3. The van der Waals surface area contributed by atoms with Crippen LogP contribution in [-0.2, 0) is 34.7 Å². The first-order valence-electron chi connectivity index (χ1n) is 18.6. The molecule has 3 heterocycles. The van der Waals surface area contributed by atoms with E-state index in [9.17, 15) is 9.59 Å². The summed E-state index contributed by atoms with van der Waals surface area (Å²) in [5.74, 6) is 0.207. The lowest BCUT2D eigenvalue weighted by molar-refractivity contribution is -0.144. The van der Waals surface area contributed by atoms with Crippen molar-refractivity contribution in [1.29, 1.82) is 0 Å². The zero-order valence-corrected chi connectivity index (χ0v) is 30.8. The second kappa shape index (κ2) is 16.6. The quantitative estimate of drug-likeness (QED) is 0.0761. The SMILES string of the molecule is CCCCCCCCCCC(C(=O)OC)n1c(CN(CC)CC)cc2c(C(F)(F)F)cn(-c3cccc(C4(c5nncn5C)CCC4)c3)c(=O)c21. The number of carbonyl (C=O) groups excluding carboxylic acids is 1. The van der Waals surface area contributed by atoms with Gasteiger partial charge < -0.3 is 13.9 Å². The molecule has 12 heteroatoms. The number of hydrogen-bond donors (Lipinski definition) is 0. The van der Waals surface area contributed by atoms with E-state index >= 15 is 13.2 Å². The van der Waals surface area contributed by atoms with Gasteiger partial charge in [-0.1, -0.05) is 90.7 Å². The summed E-state index contributed by atoms with van der Waals surface area (Å²) in [6.45, 7) is 7.71. The molecule has 0 N–H and O–H groups in total. The number of aryl methyl sites for hydroxylation is 1. The summed E-state index contributed by atoms with van der Waals surface area (Å²) < 4.78 is 54.9. The molecule has 1 unspecified atom stereocenters. The lowest BCUT2D eigenvalue weighted by Gasteiger charge is -2.41. The van der Waals surface area contributed by atoms with Crippen LogP contribution in [0.1, 0.15) is 127 Å². The van der Waals surface area contributed by atoms with Gasteiger partial charge in [0.25, 0.3) is 5.56 Å². The minimum Gasteiger partial charge on any atom is -0.467 e. The van der Waals surface area contributed by atoms with E-state index in [4.69, 9.17) is 4.74 Å². The fraction of sp³-hybridized carbons (Fsp3) is 0.590. The highest BCUT2D eigenvalue weighted by atomic mass is 19.4. The van der Waals surface area contributed by atoms with E-state index in [-0.39, 0.29) is 17.4 Å². The molecule has 1 aliphatic rings. The van der Waals surface area contributed by atoms with Gasteiger partial charge in [0.15, 0.2) is 0 Å². The number of fused-ring (bicyclic) bond motifs is 1. The number of hydrogen-bond acceptors (Lipinski definition) is 6. The van der Waals surface area contributed by atoms with E-state index < -0.39 is 34.7 Å². The highest BCUT2D eigenvalue weighted by Gasteiger charge is 2.44. The molecule has 1 fully saturated rings. The molecule has 0 radical (unpaired) electrons. The summed E-state index contributed by atoms with van der Waals surface area (Å²) in [5, 5.41) is 8.26. The number of methoxy groups -OCH3 is 1. The molecule has 51 heavy (non-hydrogen) atoms. The first kappa shape index (κ1) is 38.3. The number of alkyl halides is 3. The third-order valence-corrected chi connectivity index (χ3v) is 10.8. The van der Waals surface area contributed by atoms with Crippen LogP contribution in [0.25, 0.3) is 16.6 Å². The second-order valence-corrected chi connectivity index (χ2v) is 14.0. The Labute approximate surface area is 298 Å². The third kappa shape index (κ3) is 7.95. The number of halogens is 3. The van der Waals surface area contributed by atoms with Crippen molar-refractivity contribution in [3.63, 3.8) is 0 Å². The molecule has 5 rings (SSSR count). The number of unbranched alkanes of at least 4 members (excludes halogenated alkanes) is 7. The van der Waals surface area contributed by atoms with Crippen molar-refractivity contribution >= 4 is 16.9 Å².